The van der Waals surface area contributed by atoms with Gasteiger partial charge in [0.25, 0.3) is 0 Å². The lowest BCUT2D eigenvalue weighted by Gasteiger charge is -2.43. The Bertz CT molecular complexity index is 2330. The van der Waals surface area contributed by atoms with Gasteiger partial charge in [-0.25, -0.2) is 0 Å². The summed E-state index contributed by atoms with van der Waals surface area (Å²) in [7, 11) is 53.0. The molecule has 0 bridgehead atoms. The highest BCUT2D eigenvalue weighted by atomic mass is 16.3. The van der Waals surface area contributed by atoms with Crippen LogP contribution in [0.3, 0.4) is 0 Å². The van der Waals surface area contributed by atoms with E-state index in [2.05, 4.69) is 42.5 Å². The summed E-state index contributed by atoms with van der Waals surface area (Å²) in [5.41, 5.74) is 9.48. The van der Waals surface area contributed by atoms with Crippen molar-refractivity contribution >= 4 is 107 Å². The Hall–Kier alpha value is -4.10. The van der Waals surface area contributed by atoms with Crippen molar-refractivity contribution in [2.24, 2.45) is 0 Å². The quantitative estimate of drug-likeness (QED) is 0.301. The van der Waals surface area contributed by atoms with Gasteiger partial charge in [0.2, 0.25) is 0 Å². The zero-order valence-electron chi connectivity index (χ0n) is 25.0. The third kappa shape index (κ3) is 3.81. The molecule has 2 aliphatic carbocycles. The Morgan fingerprint density at radius 3 is 2.04 bits per heavy atom. The predicted molar refractivity (Wildman–Crippen MR) is 198 cm³/mol. The number of furan rings is 1. The number of para-hydroxylation sites is 2. The van der Waals surface area contributed by atoms with E-state index in [1.165, 1.54) is 0 Å². The molecule has 8 rings (SSSR count). The van der Waals surface area contributed by atoms with Crippen LogP contribution in [0.5, 0.6) is 0 Å². The average Bonchev–Trinajstić information content (AvgIpc) is 3.62. The fourth-order valence-electron chi connectivity index (χ4n) is 7.64. The van der Waals surface area contributed by atoms with Crippen molar-refractivity contribution in [3.8, 4) is 22.3 Å². The zero-order valence-corrected chi connectivity index (χ0v) is 25.0. The number of benzene rings is 5. The van der Waals surface area contributed by atoms with Crippen LogP contribution in [0.25, 0.3) is 44.2 Å². The monoisotopic (exact) mass is 566 g/mol. The van der Waals surface area contributed by atoms with Crippen LogP contribution in [0.1, 0.15) is 23.1 Å². The summed E-state index contributed by atoms with van der Waals surface area (Å²) in [6.45, 7) is 0. The molecule has 9 heteroatoms. The van der Waals surface area contributed by atoms with Gasteiger partial charge in [0, 0.05) is 16.3 Å². The second kappa shape index (κ2) is 10.5. The molecule has 0 spiro atoms. The summed E-state index contributed by atoms with van der Waals surface area (Å²) in [5.74, 6) is -0.565. The van der Waals surface area contributed by atoms with Crippen LogP contribution in [0.15, 0.2) is 117 Å². The molecular weight excluding hydrogens is 547 g/mol. The summed E-state index contributed by atoms with van der Waals surface area (Å²) in [6.07, 6.45) is 0.329. The zero-order chi connectivity index (χ0) is 32.1. The molecule has 1 aromatic heterocycles. The Morgan fingerprint density at radius 1 is 0.609 bits per heavy atom. The lowest BCUT2D eigenvalue weighted by molar-refractivity contribution is 0.670. The van der Waals surface area contributed by atoms with Crippen LogP contribution < -0.4 is 21.9 Å². The van der Waals surface area contributed by atoms with E-state index in [-0.39, 0.29) is 16.4 Å². The van der Waals surface area contributed by atoms with E-state index >= 15 is 0 Å². The Morgan fingerprint density at radius 2 is 1.26 bits per heavy atom. The largest absolute Gasteiger partial charge is 0.455 e. The van der Waals surface area contributed by atoms with E-state index in [9.17, 15) is 0 Å². The van der Waals surface area contributed by atoms with Gasteiger partial charge in [-0.15, -0.1) is 27.3 Å². The van der Waals surface area contributed by atoms with Crippen LogP contribution >= 0.6 is 0 Å². The van der Waals surface area contributed by atoms with E-state index < -0.39 is 11.2 Å². The van der Waals surface area contributed by atoms with E-state index in [0.29, 0.717) is 39.4 Å². The number of fused-ring (bicyclic) bond motifs is 6. The number of hydrogen-bond acceptors (Lipinski definition) is 1. The smallest absolute Gasteiger partial charge is 0.143 e. The van der Waals surface area contributed by atoms with Crippen LogP contribution in [0.2, 0.25) is 5.82 Å². The molecule has 196 valence electrons. The summed E-state index contributed by atoms with van der Waals surface area (Å²) in [6, 6.07) is 30.5. The van der Waals surface area contributed by atoms with Gasteiger partial charge >= 0.3 is 0 Å². The Labute approximate surface area is 279 Å². The molecule has 0 saturated carbocycles. The lowest BCUT2D eigenvalue weighted by Crippen LogP contribution is -2.52. The minimum absolute atomic E-state index is 0.212. The highest BCUT2D eigenvalue weighted by Gasteiger charge is 2.50. The molecule has 6 aromatic rings. The first-order chi connectivity index (χ1) is 22.2. The number of hydrogen-bond donors (Lipinski definition) is 0. The van der Waals surface area contributed by atoms with Gasteiger partial charge < -0.3 is 4.42 Å². The topological polar surface area (TPSA) is 13.1 Å². The Kier molecular flexibility index (Phi) is 6.66. The van der Waals surface area contributed by atoms with Crippen LogP contribution in [0, 0.1) is 0 Å². The average molecular weight is 565 g/mol. The predicted octanol–water partition coefficient (Wildman–Crippen LogP) is 3.07. The lowest BCUT2D eigenvalue weighted by atomic mass is 9.49. The highest BCUT2D eigenvalue weighted by Crippen LogP contribution is 2.58. The maximum atomic E-state index is 6.93. The van der Waals surface area contributed by atoms with E-state index in [1.807, 2.05) is 48.5 Å². The Balaban J connectivity index is 1.45. The van der Waals surface area contributed by atoms with Crippen molar-refractivity contribution in [3.05, 3.63) is 130 Å². The molecule has 1 nitrogen and oxygen atoms in total. The van der Waals surface area contributed by atoms with E-state index in [4.69, 9.17) is 67.2 Å². The second-order valence-corrected chi connectivity index (χ2v) is 12.1. The number of allylic oxidation sites excluding steroid dienone is 4. The molecular formula is C37H18B8O. The first-order valence-electron chi connectivity index (χ1n) is 15.0. The van der Waals surface area contributed by atoms with Gasteiger partial charge in [0.15, 0.2) is 0 Å². The normalized spacial score (nSPS) is 19.2. The molecule has 2 atom stereocenters. The van der Waals surface area contributed by atoms with Crippen molar-refractivity contribution in [2.45, 2.75) is 17.7 Å². The second-order valence-electron chi connectivity index (χ2n) is 12.1. The molecule has 16 radical (unpaired) electrons. The van der Waals surface area contributed by atoms with Crippen LogP contribution in [-0.2, 0) is 5.41 Å². The molecule has 0 fully saturated rings. The van der Waals surface area contributed by atoms with Gasteiger partial charge in [0.1, 0.15) is 66.1 Å². The van der Waals surface area contributed by atoms with Crippen molar-refractivity contribution in [1.29, 1.82) is 0 Å². The molecule has 0 N–H and O–H groups in total. The summed E-state index contributed by atoms with van der Waals surface area (Å²) >= 11 is 0. The van der Waals surface area contributed by atoms with Crippen molar-refractivity contribution in [1.82, 2.24) is 0 Å². The van der Waals surface area contributed by atoms with Gasteiger partial charge in [0.05, 0.1) is 13.3 Å². The molecule has 5 aromatic carbocycles. The fraction of sp³-hybridized carbons (Fsp3) is 0.0811. The van der Waals surface area contributed by atoms with Gasteiger partial charge in [-0.1, -0.05) is 107 Å². The van der Waals surface area contributed by atoms with Crippen molar-refractivity contribution in [2.75, 3.05) is 0 Å². The molecule has 0 saturated heterocycles. The molecule has 2 aliphatic rings. The maximum Gasteiger partial charge on any atom is 0.143 e. The first kappa shape index (κ1) is 29.3. The molecule has 1 heterocycles. The first-order valence-corrected chi connectivity index (χ1v) is 15.0. The number of rotatable bonds is 3. The van der Waals surface area contributed by atoms with Gasteiger partial charge in [-0.2, -0.15) is 0 Å². The summed E-state index contributed by atoms with van der Waals surface area (Å²) in [5, 5.41) is 2.12. The minimum Gasteiger partial charge on any atom is -0.455 e. The minimum atomic E-state index is -1.05. The van der Waals surface area contributed by atoms with Gasteiger partial charge in [-0.05, 0) is 45.9 Å². The molecule has 2 unspecified atom stereocenters. The van der Waals surface area contributed by atoms with E-state index in [1.54, 1.807) is 0 Å². The maximum absolute atomic E-state index is 6.93. The molecule has 0 aliphatic heterocycles. The summed E-state index contributed by atoms with van der Waals surface area (Å²) < 4.78 is 6.35. The third-order valence-corrected chi connectivity index (χ3v) is 9.87. The third-order valence-electron chi connectivity index (χ3n) is 9.87. The summed E-state index contributed by atoms with van der Waals surface area (Å²) in [4.78, 5) is 0. The fourth-order valence-corrected chi connectivity index (χ4v) is 7.64. The van der Waals surface area contributed by atoms with Crippen LogP contribution in [-0.4, -0.2) is 62.8 Å². The molecule has 46 heavy (non-hydrogen) atoms. The van der Waals surface area contributed by atoms with E-state index in [0.717, 1.165) is 55.3 Å². The van der Waals surface area contributed by atoms with Crippen molar-refractivity contribution < 1.29 is 4.42 Å². The standard InChI is InChI=1S/C37H18B8O/c38-25-16-24(29(39)33(43)30(25)40)37(23-10-3-1-7-22(23)27-28(37)32(42)35(45)34(44)31(27)41)18-14-12-17(13-15-18)19-8-5-9-21-20-6-2-4-11-26(20)46-36(19)21/h1-15,25H,16H2. The molecule has 0 amide bonds. The highest BCUT2D eigenvalue weighted by molar-refractivity contribution is 6.64. The van der Waals surface area contributed by atoms with Crippen LogP contribution in [0.4, 0.5) is 0 Å². The SMILES string of the molecule is [B]C1=C([B])C([B])CC(C2(c3ccc(-c4cccc5c4oc4ccccc45)cc3)c3ccccc3-c3c([B])c([B])c([B])c([B])c32)=C1[B]. The van der Waals surface area contributed by atoms with Gasteiger partial charge in [-0.3, -0.25) is 0 Å². The van der Waals surface area contributed by atoms with Crippen molar-refractivity contribution in [3.63, 3.8) is 0 Å².